The largest absolute Gasteiger partial charge is 1.00 e. The van der Waals surface area contributed by atoms with Gasteiger partial charge in [0, 0.05) is 26.6 Å². The van der Waals surface area contributed by atoms with Crippen LogP contribution in [0.2, 0.25) is 0 Å². The topological polar surface area (TPSA) is 160 Å². The Morgan fingerprint density at radius 1 is 0.921 bits per heavy atom. The SMILES string of the molecule is C.CC(=O)NCC1(C)CC(NC(=O)[O-])CC(C)(C)C1.CC1(C)CC(N=C=O)CC(C)(CN=C=O)C1.CO.[Rb+]. The number of aliphatic hydroxyl groups is 1. The standard InChI is InChI=1S/C13H24N2O3.C12H18N2O2.CH4O.CH4.Rb/c1-9(16)14-8-13(4)6-10(15-11(17)18)5-12(2,3)7-13;1-11(2)4-10(14-9-16)5-12(3,6-11)7-13-8-15;1-2;;/h10,15H,5-8H2,1-4H3,(H,14,16)(H,17,18);10H,4-7H2,1-3H3;2H,1H3;1H4;/q;;;;+1/p-1. The number of aliphatic imine (C=N–C) groups is 2. The molecule has 4 unspecified atom stereocenters. The summed E-state index contributed by atoms with van der Waals surface area (Å²) in [4.78, 5) is 49.7. The van der Waals surface area contributed by atoms with Gasteiger partial charge in [0.25, 0.3) is 0 Å². The van der Waals surface area contributed by atoms with E-state index in [0.717, 1.165) is 45.6 Å². The first kappa shape index (κ1) is 41.7. The van der Waals surface area contributed by atoms with Gasteiger partial charge in [0.15, 0.2) is 0 Å². The van der Waals surface area contributed by atoms with Crippen molar-refractivity contribution in [2.45, 2.75) is 107 Å². The van der Waals surface area contributed by atoms with Gasteiger partial charge in [-0.3, -0.25) is 4.79 Å². The molecule has 0 heterocycles. The van der Waals surface area contributed by atoms with Crippen LogP contribution in [0.3, 0.4) is 0 Å². The molecule has 214 valence electrons. The van der Waals surface area contributed by atoms with E-state index < -0.39 is 6.09 Å². The van der Waals surface area contributed by atoms with Crippen LogP contribution in [0, 0.1) is 21.7 Å². The van der Waals surface area contributed by atoms with E-state index in [1.165, 1.54) is 6.92 Å². The van der Waals surface area contributed by atoms with Gasteiger partial charge in [-0.15, -0.1) is 0 Å². The zero-order valence-corrected chi connectivity index (χ0v) is 29.1. The second-order valence-corrected chi connectivity index (χ2v) is 12.4. The average molecular weight is 611 g/mol. The van der Waals surface area contributed by atoms with Crippen molar-refractivity contribution >= 4 is 24.2 Å². The number of hydrogen-bond donors (Lipinski definition) is 3. The zero-order chi connectivity index (χ0) is 28.2. The fourth-order valence-electron chi connectivity index (χ4n) is 6.46. The molecule has 2 aliphatic carbocycles. The molecule has 2 rings (SSSR count). The Hall–Kier alpha value is -0.735. The molecule has 0 aliphatic heterocycles. The van der Waals surface area contributed by atoms with Crippen LogP contribution in [0.15, 0.2) is 9.98 Å². The number of carbonyl (C=O) groups is 2. The van der Waals surface area contributed by atoms with E-state index in [9.17, 15) is 24.3 Å². The molecule has 2 aliphatic rings. The maximum absolute atomic E-state index is 11.0. The van der Waals surface area contributed by atoms with Crippen LogP contribution in [0.1, 0.15) is 94.4 Å². The quantitative estimate of drug-likeness (QED) is 0.286. The van der Waals surface area contributed by atoms with Crippen LogP contribution in [0.25, 0.3) is 0 Å². The van der Waals surface area contributed by atoms with Crippen LogP contribution in [-0.2, 0) is 14.4 Å². The van der Waals surface area contributed by atoms with Gasteiger partial charge in [0.05, 0.1) is 12.6 Å². The second kappa shape index (κ2) is 18.6. The molecule has 0 aromatic rings. The van der Waals surface area contributed by atoms with Gasteiger partial charge >= 0.3 is 58.2 Å². The van der Waals surface area contributed by atoms with E-state index in [0.29, 0.717) is 13.1 Å². The third-order valence-electron chi connectivity index (χ3n) is 6.71. The summed E-state index contributed by atoms with van der Waals surface area (Å²) in [7, 11) is 1.00. The summed E-state index contributed by atoms with van der Waals surface area (Å²) >= 11 is 0. The number of nitrogens with zero attached hydrogens (tertiary/aromatic N) is 2. The first-order valence-electron chi connectivity index (χ1n) is 12.3. The Labute approximate surface area is 278 Å². The summed E-state index contributed by atoms with van der Waals surface area (Å²) in [6.07, 6.45) is 7.15. The zero-order valence-electron chi connectivity index (χ0n) is 24.2. The molecule has 2 fully saturated rings. The number of aliphatic hydroxyl groups excluding tert-OH is 1. The van der Waals surface area contributed by atoms with Crippen LogP contribution in [-0.4, -0.2) is 61.5 Å². The molecule has 38 heavy (non-hydrogen) atoms. The summed E-state index contributed by atoms with van der Waals surface area (Å²) < 4.78 is 0. The van der Waals surface area contributed by atoms with Crippen molar-refractivity contribution in [3.8, 4) is 0 Å². The number of carbonyl (C=O) groups excluding carboxylic acids is 4. The minimum atomic E-state index is -1.22. The van der Waals surface area contributed by atoms with Crippen molar-refractivity contribution in [2.75, 3.05) is 20.2 Å². The van der Waals surface area contributed by atoms with Gasteiger partial charge in [-0.1, -0.05) is 49.0 Å². The Morgan fingerprint density at radius 2 is 1.45 bits per heavy atom. The van der Waals surface area contributed by atoms with Gasteiger partial charge in [-0.05, 0) is 60.2 Å². The Bertz CT molecular complexity index is 839. The van der Waals surface area contributed by atoms with E-state index in [2.05, 4.69) is 62.2 Å². The van der Waals surface area contributed by atoms with Crippen molar-refractivity contribution < 1.29 is 87.6 Å². The second-order valence-electron chi connectivity index (χ2n) is 12.4. The maximum atomic E-state index is 11.0. The van der Waals surface area contributed by atoms with E-state index >= 15 is 0 Å². The van der Waals surface area contributed by atoms with Crippen molar-refractivity contribution in [1.82, 2.24) is 10.6 Å². The molecule has 2 amide bonds. The molecular weight excluding hydrogens is 562 g/mol. The normalized spacial score (nSPS) is 28.2. The molecule has 0 radical (unpaired) electrons. The monoisotopic (exact) mass is 610 g/mol. The van der Waals surface area contributed by atoms with Crippen molar-refractivity contribution in [3.05, 3.63) is 0 Å². The molecule has 2 saturated carbocycles. The first-order chi connectivity index (χ1) is 16.5. The van der Waals surface area contributed by atoms with Crippen LogP contribution < -0.4 is 73.9 Å². The minimum Gasteiger partial charge on any atom is -0.530 e. The fraction of sp³-hybridized carbons (Fsp3) is 0.852. The molecule has 10 nitrogen and oxygen atoms in total. The number of nitrogens with one attached hydrogen (secondary N) is 2. The van der Waals surface area contributed by atoms with E-state index in [1.54, 1.807) is 12.2 Å². The Morgan fingerprint density at radius 3 is 1.92 bits per heavy atom. The molecule has 11 heteroatoms. The van der Waals surface area contributed by atoms with Gasteiger partial charge in [-0.25, -0.2) is 19.6 Å². The number of isocyanates is 2. The third kappa shape index (κ3) is 17.1. The number of hydrogen-bond acceptors (Lipinski definition) is 8. The molecule has 0 aromatic heterocycles. The molecule has 0 spiro atoms. The summed E-state index contributed by atoms with van der Waals surface area (Å²) in [6, 6.07) is -0.0920. The average Bonchev–Trinajstić information content (AvgIpc) is 2.70. The summed E-state index contributed by atoms with van der Waals surface area (Å²) in [5.74, 6) is -0.0518. The summed E-state index contributed by atoms with van der Waals surface area (Å²) in [6.45, 7) is 15.3. The van der Waals surface area contributed by atoms with E-state index in [1.807, 2.05) is 0 Å². The van der Waals surface area contributed by atoms with E-state index in [-0.39, 0.29) is 105 Å². The van der Waals surface area contributed by atoms with Gasteiger partial charge in [0.2, 0.25) is 18.1 Å². The van der Waals surface area contributed by atoms with Crippen molar-refractivity contribution in [3.63, 3.8) is 0 Å². The number of rotatable bonds is 6. The van der Waals surface area contributed by atoms with Crippen molar-refractivity contribution in [1.29, 1.82) is 0 Å². The van der Waals surface area contributed by atoms with Gasteiger partial charge < -0.3 is 25.6 Å². The number of amides is 2. The molecule has 0 saturated heterocycles. The molecule has 3 N–H and O–H groups in total. The van der Waals surface area contributed by atoms with Crippen LogP contribution in [0.4, 0.5) is 4.79 Å². The molecule has 0 aromatic carbocycles. The van der Waals surface area contributed by atoms with Crippen LogP contribution in [0.5, 0.6) is 0 Å². The van der Waals surface area contributed by atoms with Gasteiger partial charge in [0.1, 0.15) is 6.09 Å². The fourth-order valence-corrected chi connectivity index (χ4v) is 6.46. The third-order valence-corrected chi connectivity index (χ3v) is 6.71. The van der Waals surface area contributed by atoms with E-state index in [4.69, 9.17) is 5.11 Å². The predicted octanol–water partition coefficient (Wildman–Crippen LogP) is 0.132. The Balaban J connectivity index is -0.000000579. The first-order valence-corrected chi connectivity index (χ1v) is 12.3. The van der Waals surface area contributed by atoms with Crippen molar-refractivity contribution in [2.24, 2.45) is 31.6 Å². The van der Waals surface area contributed by atoms with Crippen LogP contribution >= 0.6 is 0 Å². The maximum Gasteiger partial charge on any atom is 1.00 e. The minimum absolute atomic E-state index is 0. The molecule has 0 bridgehead atoms. The molecule has 4 atom stereocenters. The summed E-state index contributed by atoms with van der Waals surface area (Å²) in [5.41, 5.74) is 0.0275. The summed E-state index contributed by atoms with van der Waals surface area (Å²) in [5, 5.41) is 23.0. The predicted molar refractivity (Wildman–Crippen MR) is 142 cm³/mol. The Kier molecular flexibility index (Phi) is 20.4. The number of carboxylic acid groups (broad SMARTS) is 1. The smallest absolute Gasteiger partial charge is 0.530 e. The molecular formula is C27H49N4O6Rb. The van der Waals surface area contributed by atoms with Gasteiger partial charge in [-0.2, -0.15) is 0 Å².